The third kappa shape index (κ3) is 3.98. The van der Waals surface area contributed by atoms with Gasteiger partial charge in [0.1, 0.15) is 0 Å². The Balaban J connectivity index is 1.19. The van der Waals surface area contributed by atoms with Crippen molar-refractivity contribution in [1.29, 1.82) is 0 Å². The number of likely N-dealkylation sites (tertiary alicyclic amines) is 1. The van der Waals surface area contributed by atoms with Gasteiger partial charge in [-0.25, -0.2) is 0 Å². The van der Waals surface area contributed by atoms with Gasteiger partial charge in [-0.05, 0) is 37.7 Å². The van der Waals surface area contributed by atoms with Crippen molar-refractivity contribution in [2.75, 3.05) is 38.7 Å². The number of thioether (sulfide) groups is 1. The highest BCUT2D eigenvalue weighted by molar-refractivity contribution is 8.01. The smallest absolute Gasteiger partial charge is 0.0680 e. The minimum absolute atomic E-state index is 0.472. The number of ether oxygens (including phenoxy) is 2. The molecule has 0 amide bonds. The number of hydrogen-bond acceptors (Lipinski definition) is 4. The van der Waals surface area contributed by atoms with Gasteiger partial charge in [-0.3, -0.25) is 4.90 Å². The van der Waals surface area contributed by atoms with Gasteiger partial charge < -0.3 is 9.47 Å². The summed E-state index contributed by atoms with van der Waals surface area (Å²) in [6.07, 6.45) is 4.06. The molecule has 0 saturated carbocycles. The molecule has 3 fully saturated rings. The van der Waals surface area contributed by atoms with E-state index in [1.807, 2.05) is 0 Å². The normalized spacial score (nSPS) is 27.5. The standard InChI is InChI=1S/C20H29NO2S/c1-16-2-4-17(5-3-16)11-21-14-20(15-21)10-19(13-24-20)23-12-18-6-8-22-9-7-18/h2-5,18-19H,6-15H2,1H3/t19-/m0/s1. The second kappa shape index (κ2) is 7.36. The first-order valence-corrected chi connectivity index (χ1v) is 10.3. The molecule has 1 aromatic rings. The Hall–Kier alpha value is -0.550. The number of rotatable bonds is 5. The van der Waals surface area contributed by atoms with Gasteiger partial charge in [-0.15, -0.1) is 11.8 Å². The SMILES string of the molecule is Cc1ccc(CN2CC3(C[C@H](OCC4CCOCC4)CS3)C2)cc1. The Morgan fingerprint density at radius 1 is 1.21 bits per heavy atom. The summed E-state index contributed by atoms with van der Waals surface area (Å²) < 4.78 is 12.2. The van der Waals surface area contributed by atoms with E-state index in [4.69, 9.17) is 9.47 Å². The van der Waals surface area contributed by atoms with E-state index in [-0.39, 0.29) is 0 Å². The first kappa shape index (κ1) is 16.9. The molecular formula is C20H29NO2S. The van der Waals surface area contributed by atoms with Crippen LogP contribution in [-0.2, 0) is 16.0 Å². The van der Waals surface area contributed by atoms with Crippen molar-refractivity contribution in [2.24, 2.45) is 5.92 Å². The summed E-state index contributed by atoms with van der Waals surface area (Å²) in [7, 11) is 0. The van der Waals surface area contributed by atoms with Gasteiger partial charge in [-0.2, -0.15) is 0 Å². The van der Waals surface area contributed by atoms with E-state index in [0.717, 1.165) is 32.3 Å². The molecule has 0 aliphatic carbocycles. The summed E-state index contributed by atoms with van der Waals surface area (Å²) in [4.78, 5) is 2.58. The van der Waals surface area contributed by atoms with Crippen LogP contribution >= 0.6 is 11.8 Å². The van der Waals surface area contributed by atoms with E-state index in [0.29, 0.717) is 10.9 Å². The summed E-state index contributed by atoms with van der Waals surface area (Å²) in [5, 5.41) is 0. The molecule has 0 aromatic heterocycles. The molecule has 1 spiro atoms. The molecule has 0 bridgehead atoms. The molecule has 3 nitrogen and oxygen atoms in total. The van der Waals surface area contributed by atoms with Gasteiger partial charge in [-0.1, -0.05) is 29.8 Å². The maximum Gasteiger partial charge on any atom is 0.0680 e. The minimum atomic E-state index is 0.472. The highest BCUT2D eigenvalue weighted by Gasteiger charge is 2.49. The first-order valence-electron chi connectivity index (χ1n) is 9.32. The third-order valence-electron chi connectivity index (χ3n) is 5.63. The van der Waals surface area contributed by atoms with Crippen LogP contribution in [0.5, 0.6) is 0 Å². The molecule has 24 heavy (non-hydrogen) atoms. The Bertz CT molecular complexity index is 535. The number of nitrogens with zero attached hydrogens (tertiary/aromatic N) is 1. The van der Waals surface area contributed by atoms with Gasteiger partial charge in [0, 0.05) is 50.0 Å². The summed E-state index contributed by atoms with van der Waals surface area (Å²) in [5.41, 5.74) is 2.78. The summed E-state index contributed by atoms with van der Waals surface area (Å²) in [6.45, 7) is 8.48. The lowest BCUT2D eigenvalue weighted by Crippen LogP contribution is -2.58. The highest BCUT2D eigenvalue weighted by atomic mass is 32.2. The van der Waals surface area contributed by atoms with Crippen molar-refractivity contribution in [2.45, 2.75) is 43.6 Å². The van der Waals surface area contributed by atoms with Crippen LogP contribution in [0.15, 0.2) is 24.3 Å². The Morgan fingerprint density at radius 2 is 1.96 bits per heavy atom. The van der Waals surface area contributed by atoms with Crippen LogP contribution in [0, 0.1) is 12.8 Å². The predicted molar refractivity (Wildman–Crippen MR) is 99.5 cm³/mol. The lowest BCUT2D eigenvalue weighted by Gasteiger charge is -2.47. The second-order valence-electron chi connectivity index (χ2n) is 7.84. The van der Waals surface area contributed by atoms with Gasteiger partial charge >= 0.3 is 0 Å². The molecule has 3 heterocycles. The van der Waals surface area contributed by atoms with Gasteiger partial charge in [0.05, 0.1) is 6.10 Å². The fraction of sp³-hybridized carbons (Fsp3) is 0.700. The number of benzene rings is 1. The van der Waals surface area contributed by atoms with E-state index in [2.05, 4.69) is 47.9 Å². The van der Waals surface area contributed by atoms with Gasteiger partial charge in [0.25, 0.3) is 0 Å². The average molecular weight is 348 g/mol. The third-order valence-corrected chi connectivity index (χ3v) is 7.21. The van der Waals surface area contributed by atoms with Crippen molar-refractivity contribution in [3.63, 3.8) is 0 Å². The van der Waals surface area contributed by atoms with E-state index in [1.54, 1.807) is 0 Å². The molecule has 3 saturated heterocycles. The van der Waals surface area contributed by atoms with E-state index < -0.39 is 0 Å². The first-order chi connectivity index (χ1) is 11.7. The summed E-state index contributed by atoms with van der Waals surface area (Å²) >= 11 is 2.15. The van der Waals surface area contributed by atoms with E-state index >= 15 is 0 Å². The Morgan fingerprint density at radius 3 is 2.71 bits per heavy atom. The van der Waals surface area contributed by atoms with Gasteiger partial charge in [0.15, 0.2) is 0 Å². The van der Waals surface area contributed by atoms with E-state index in [1.165, 1.54) is 49.2 Å². The number of aryl methyl sites for hydroxylation is 1. The predicted octanol–water partition coefficient (Wildman–Crippen LogP) is 3.50. The fourth-order valence-corrected chi connectivity index (χ4v) is 5.75. The zero-order valence-electron chi connectivity index (χ0n) is 14.7. The number of hydrogen-bond donors (Lipinski definition) is 0. The lowest BCUT2D eigenvalue weighted by molar-refractivity contribution is -0.0133. The zero-order chi connectivity index (χ0) is 16.4. The molecule has 1 aromatic carbocycles. The van der Waals surface area contributed by atoms with Crippen LogP contribution in [0.3, 0.4) is 0 Å². The Labute approximate surface area is 150 Å². The molecule has 132 valence electrons. The lowest BCUT2D eigenvalue weighted by atomic mass is 9.92. The molecule has 0 unspecified atom stereocenters. The topological polar surface area (TPSA) is 21.7 Å². The summed E-state index contributed by atoms with van der Waals surface area (Å²) in [5.74, 6) is 1.90. The fourth-order valence-electron chi connectivity index (χ4n) is 4.15. The van der Waals surface area contributed by atoms with Crippen molar-refractivity contribution < 1.29 is 9.47 Å². The Kier molecular flexibility index (Phi) is 5.18. The van der Waals surface area contributed by atoms with E-state index in [9.17, 15) is 0 Å². The minimum Gasteiger partial charge on any atom is -0.381 e. The van der Waals surface area contributed by atoms with Crippen LogP contribution < -0.4 is 0 Å². The summed E-state index contributed by atoms with van der Waals surface area (Å²) in [6, 6.07) is 8.97. The maximum atomic E-state index is 6.25. The molecule has 3 aliphatic rings. The molecule has 0 radical (unpaired) electrons. The monoisotopic (exact) mass is 347 g/mol. The molecule has 4 rings (SSSR count). The average Bonchev–Trinajstić information content (AvgIpc) is 3.00. The maximum absolute atomic E-state index is 6.25. The molecule has 1 atom stereocenters. The van der Waals surface area contributed by atoms with Gasteiger partial charge in [0.2, 0.25) is 0 Å². The van der Waals surface area contributed by atoms with Crippen LogP contribution in [0.4, 0.5) is 0 Å². The second-order valence-corrected chi connectivity index (χ2v) is 9.33. The van der Waals surface area contributed by atoms with Crippen LogP contribution in [0.2, 0.25) is 0 Å². The van der Waals surface area contributed by atoms with Crippen LogP contribution in [0.1, 0.15) is 30.4 Å². The van der Waals surface area contributed by atoms with Crippen LogP contribution in [-0.4, -0.2) is 54.4 Å². The largest absolute Gasteiger partial charge is 0.381 e. The van der Waals surface area contributed by atoms with Crippen LogP contribution in [0.25, 0.3) is 0 Å². The molecular weight excluding hydrogens is 318 g/mol. The van der Waals surface area contributed by atoms with Crippen molar-refractivity contribution in [1.82, 2.24) is 4.90 Å². The molecule has 3 aliphatic heterocycles. The molecule has 4 heteroatoms. The highest BCUT2D eigenvalue weighted by Crippen LogP contribution is 2.46. The van der Waals surface area contributed by atoms with Crippen molar-refractivity contribution in [3.8, 4) is 0 Å². The molecule has 0 N–H and O–H groups in total. The zero-order valence-corrected chi connectivity index (χ0v) is 15.5. The quantitative estimate of drug-likeness (QED) is 0.813. The van der Waals surface area contributed by atoms with Crippen molar-refractivity contribution >= 4 is 11.8 Å². The van der Waals surface area contributed by atoms with Crippen molar-refractivity contribution in [3.05, 3.63) is 35.4 Å².